The fourth-order valence-corrected chi connectivity index (χ4v) is 2.54. The van der Waals surface area contributed by atoms with Gasteiger partial charge in [-0.1, -0.05) is 17.4 Å². The number of fused-ring (bicyclic) bond motifs is 1. The van der Waals surface area contributed by atoms with E-state index in [2.05, 4.69) is 4.99 Å². The van der Waals surface area contributed by atoms with E-state index in [-0.39, 0.29) is 10.5 Å². The summed E-state index contributed by atoms with van der Waals surface area (Å²) < 4.78 is 5.77. The topological polar surface area (TPSA) is 59.6 Å². The molecule has 5 heteroatoms. The SMILES string of the molecule is O=C=NC1(c2ccc3oc(=O)sc3c2)CC1. The van der Waals surface area contributed by atoms with Gasteiger partial charge in [0, 0.05) is 0 Å². The summed E-state index contributed by atoms with van der Waals surface area (Å²) in [6, 6.07) is 5.48. The second kappa shape index (κ2) is 3.14. The summed E-state index contributed by atoms with van der Waals surface area (Å²) in [7, 11) is 0. The molecule has 0 spiro atoms. The van der Waals surface area contributed by atoms with Crippen LogP contribution in [0.3, 0.4) is 0 Å². The van der Waals surface area contributed by atoms with E-state index in [4.69, 9.17) is 4.42 Å². The minimum Gasteiger partial charge on any atom is -0.414 e. The highest BCUT2D eigenvalue weighted by Crippen LogP contribution is 2.49. The molecule has 1 fully saturated rings. The number of benzene rings is 1. The van der Waals surface area contributed by atoms with E-state index in [1.807, 2.05) is 12.1 Å². The van der Waals surface area contributed by atoms with Gasteiger partial charge < -0.3 is 4.42 Å². The lowest BCUT2D eigenvalue weighted by atomic mass is 10.1. The number of aliphatic imine (C=N–C) groups is 1. The Kier molecular flexibility index (Phi) is 1.87. The van der Waals surface area contributed by atoms with Crippen LogP contribution in [0.2, 0.25) is 0 Å². The molecular weight excluding hydrogens is 226 g/mol. The molecule has 1 aliphatic rings. The van der Waals surface area contributed by atoms with Crippen LogP contribution < -0.4 is 4.94 Å². The van der Waals surface area contributed by atoms with E-state index in [0.29, 0.717) is 5.58 Å². The molecule has 0 unspecified atom stereocenters. The number of nitrogens with zero attached hydrogens (tertiary/aromatic N) is 1. The van der Waals surface area contributed by atoms with Crippen LogP contribution in [-0.2, 0) is 10.3 Å². The molecule has 0 radical (unpaired) electrons. The summed E-state index contributed by atoms with van der Waals surface area (Å²) in [5.74, 6) is 0. The van der Waals surface area contributed by atoms with Gasteiger partial charge in [0.2, 0.25) is 6.08 Å². The number of hydrogen-bond acceptors (Lipinski definition) is 5. The van der Waals surface area contributed by atoms with Crippen LogP contribution in [0.25, 0.3) is 10.3 Å². The lowest BCUT2D eigenvalue weighted by Gasteiger charge is -2.06. The van der Waals surface area contributed by atoms with Crippen LogP contribution >= 0.6 is 11.3 Å². The van der Waals surface area contributed by atoms with Crippen LogP contribution in [0.15, 0.2) is 32.4 Å². The molecular formula is C11H7NO3S. The molecule has 0 amide bonds. The normalized spacial score (nSPS) is 17.0. The van der Waals surface area contributed by atoms with E-state index in [1.165, 1.54) is 0 Å². The van der Waals surface area contributed by atoms with Crippen molar-refractivity contribution < 1.29 is 9.21 Å². The van der Waals surface area contributed by atoms with E-state index in [0.717, 1.165) is 34.4 Å². The van der Waals surface area contributed by atoms with Crippen LogP contribution in [0.1, 0.15) is 18.4 Å². The molecule has 2 aromatic rings. The van der Waals surface area contributed by atoms with Gasteiger partial charge in [0.25, 0.3) is 0 Å². The fraction of sp³-hybridized carbons (Fsp3) is 0.273. The minimum atomic E-state index is -0.386. The highest BCUT2D eigenvalue weighted by molar-refractivity contribution is 7.16. The first-order valence-corrected chi connectivity index (χ1v) is 5.68. The lowest BCUT2D eigenvalue weighted by Crippen LogP contribution is -2.01. The Morgan fingerprint density at radius 3 is 2.94 bits per heavy atom. The van der Waals surface area contributed by atoms with Crippen molar-refractivity contribution >= 4 is 27.7 Å². The van der Waals surface area contributed by atoms with Crippen LogP contribution in [0.4, 0.5) is 0 Å². The molecule has 0 atom stereocenters. The molecule has 1 aliphatic carbocycles. The van der Waals surface area contributed by atoms with Crippen molar-refractivity contribution in [2.45, 2.75) is 18.4 Å². The highest BCUT2D eigenvalue weighted by Gasteiger charge is 2.44. The van der Waals surface area contributed by atoms with Crippen molar-refractivity contribution in [3.05, 3.63) is 33.5 Å². The summed E-state index contributed by atoms with van der Waals surface area (Å²) in [4.78, 5) is 24.9. The van der Waals surface area contributed by atoms with E-state index < -0.39 is 0 Å². The number of rotatable bonds is 2. The van der Waals surface area contributed by atoms with Gasteiger partial charge in [-0.3, -0.25) is 0 Å². The first kappa shape index (κ1) is 9.51. The van der Waals surface area contributed by atoms with Gasteiger partial charge in [-0.2, -0.15) is 4.99 Å². The quantitative estimate of drug-likeness (QED) is 0.590. The van der Waals surface area contributed by atoms with Gasteiger partial charge in [0.05, 0.1) is 10.2 Å². The second-order valence-corrected chi connectivity index (χ2v) is 4.83. The summed E-state index contributed by atoms with van der Waals surface area (Å²) in [6.45, 7) is 0. The van der Waals surface area contributed by atoms with Crippen LogP contribution in [0.5, 0.6) is 0 Å². The molecule has 1 heterocycles. The summed E-state index contributed by atoms with van der Waals surface area (Å²) in [5, 5.41) is 0. The van der Waals surface area contributed by atoms with Crippen LogP contribution in [0, 0.1) is 0 Å². The van der Waals surface area contributed by atoms with Gasteiger partial charge in [0.1, 0.15) is 5.58 Å². The molecule has 3 rings (SSSR count). The second-order valence-electron chi connectivity index (χ2n) is 3.85. The van der Waals surface area contributed by atoms with Gasteiger partial charge in [-0.15, -0.1) is 0 Å². The third kappa shape index (κ3) is 1.33. The van der Waals surface area contributed by atoms with Crippen LogP contribution in [-0.4, -0.2) is 6.08 Å². The molecule has 0 saturated heterocycles. The first-order valence-electron chi connectivity index (χ1n) is 4.87. The zero-order chi connectivity index (χ0) is 11.2. The smallest absolute Gasteiger partial charge is 0.396 e. The fourth-order valence-electron chi connectivity index (χ4n) is 1.83. The molecule has 1 aromatic carbocycles. The van der Waals surface area contributed by atoms with Gasteiger partial charge in [-0.25, -0.2) is 9.59 Å². The van der Waals surface area contributed by atoms with Gasteiger partial charge in [0.15, 0.2) is 0 Å². The summed E-state index contributed by atoms with van der Waals surface area (Å²) in [5.41, 5.74) is 1.16. The van der Waals surface area contributed by atoms with Crippen molar-refractivity contribution in [1.82, 2.24) is 0 Å². The average molecular weight is 233 g/mol. The molecule has 0 aliphatic heterocycles. The average Bonchev–Trinajstić information content (AvgIpc) is 2.93. The van der Waals surface area contributed by atoms with Gasteiger partial charge in [-0.05, 0) is 30.5 Å². The van der Waals surface area contributed by atoms with E-state index >= 15 is 0 Å². The molecule has 80 valence electrons. The van der Waals surface area contributed by atoms with Crippen molar-refractivity contribution in [2.24, 2.45) is 4.99 Å². The maximum Gasteiger partial charge on any atom is 0.396 e. The molecule has 16 heavy (non-hydrogen) atoms. The number of isocyanates is 1. The van der Waals surface area contributed by atoms with E-state index in [9.17, 15) is 9.59 Å². The number of carbonyl (C=O) groups excluding carboxylic acids is 1. The largest absolute Gasteiger partial charge is 0.414 e. The zero-order valence-electron chi connectivity index (χ0n) is 8.23. The predicted octanol–water partition coefficient (Wildman–Crippen LogP) is 2.18. The Balaban J connectivity index is 2.18. The van der Waals surface area contributed by atoms with Crippen molar-refractivity contribution in [3.63, 3.8) is 0 Å². The van der Waals surface area contributed by atoms with Gasteiger partial charge >= 0.3 is 4.94 Å². The Labute approximate surface area is 94.2 Å². The van der Waals surface area contributed by atoms with Crippen molar-refractivity contribution in [2.75, 3.05) is 0 Å². The highest BCUT2D eigenvalue weighted by atomic mass is 32.1. The Morgan fingerprint density at radius 2 is 2.25 bits per heavy atom. The number of hydrogen-bond donors (Lipinski definition) is 0. The molecule has 0 N–H and O–H groups in total. The Hall–Kier alpha value is -1.71. The summed E-state index contributed by atoms with van der Waals surface area (Å²) >= 11 is 1.07. The lowest BCUT2D eigenvalue weighted by molar-refractivity contribution is 0.556. The molecule has 4 nitrogen and oxygen atoms in total. The zero-order valence-corrected chi connectivity index (χ0v) is 9.04. The minimum absolute atomic E-state index is 0.309. The summed E-state index contributed by atoms with van der Waals surface area (Å²) in [6.07, 6.45) is 3.34. The first-order chi connectivity index (χ1) is 7.73. The standard InChI is InChI=1S/C11H7NO3S/c13-6-12-11(3-4-11)7-1-2-8-9(5-7)16-10(14)15-8/h1-2,5H,3-4H2. The molecule has 1 aromatic heterocycles. The van der Waals surface area contributed by atoms with E-state index in [1.54, 1.807) is 12.1 Å². The third-order valence-corrected chi connectivity index (χ3v) is 3.64. The Morgan fingerprint density at radius 1 is 1.44 bits per heavy atom. The third-order valence-electron chi connectivity index (χ3n) is 2.85. The maximum atomic E-state index is 11.1. The monoisotopic (exact) mass is 233 g/mol. The predicted molar refractivity (Wildman–Crippen MR) is 59.4 cm³/mol. The van der Waals surface area contributed by atoms with Crippen molar-refractivity contribution in [3.8, 4) is 0 Å². The maximum absolute atomic E-state index is 11.1. The molecule has 1 saturated carbocycles. The van der Waals surface area contributed by atoms with Crippen molar-refractivity contribution in [1.29, 1.82) is 0 Å². The molecule has 0 bridgehead atoms. The Bertz CT molecular complexity index is 659.